The summed E-state index contributed by atoms with van der Waals surface area (Å²) in [6, 6.07) is 7.11. The van der Waals surface area contributed by atoms with E-state index in [1.54, 1.807) is 12.1 Å². The van der Waals surface area contributed by atoms with Crippen LogP contribution in [0.15, 0.2) is 29.8 Å². The SMILES string of the molecule is COC(=O)c1ccc(C=C(CO)C(C)C)cc1. The molecule has 0 unspecified atom stereocenters. The van der Waals surface area contributed by atoms with E-state index >= 15 is 0 Å². The highest BCUT2D eigenvalue weighted by atomic mass is 16.5. The van der Waals surface area contributed by atoms with Crippen LogP contribution in [0.1, 0.15) is 29.8 Å². The topological polar surface area (TPSA) is 46.5 Å². The van der Waals surface area contributed by atoms with Crippen LogP contribution in [0.25, 0.3) is 6.08 Å². The van der Waals surface area contributed by atoms with Crippen molar-refractivity contribution in [2.75, 3.05) is 13.7 Å². The number of methoxy groups -OCH3 is 1. The van der Waals surface area contributed by atoms with E-state index < -0.39 is 0 Å². The average molecular weight is 234 g/mol. The lowest BCUT2D eigenvalue weighted by atomic mass is 10.0. The summed E-state index contributed by atoms with van der Waals surface area (Å²) in [6.07, 6.45) is 1.94. The number of esters is 1. The molecule has 1 aromatic rings. The van der Waals surface area contributed by atoms with Gasteiger partial charge in [-0.05, 0) is 29.2 Å². The van der Waals surface area contributed by atoms with Gasteiger partial charge in [0.05, 0.1) is 19.3 Å². The zero-order chi connectivity index (χ0) is 12.8. The molecule has 0 bridgehead atoms. The summed E-state index contributed by atoms with van der Waals surface area (Å²) in [4.78, 5) is 11.2. The first kappa shape index (κ1) is 13.5. The van der Waals surface area contributed by atoms with Crippen LogP contribution in [0.3, 0.4) is 0 Å². The van der Waals surface area contributed by atoms with Gasteiger partial charge in [-0.3, -0.25) is 0 Å². The van der Waals surface area contributed by atoms with Crippen LogP contribution in [-0.2, 0) is 4.74 Å². The highest BCUT2D eigenvalue weighted by Gasteiger charge is 2.05. The van der Waals surface area contributed by atoms with E-state index in [1.807, 2.05) is 32.1 Å². The van der Waals surface area contributed by atoms with E-state index in [-0.39, 0.29) is 12.6 Å². The number of aliphatic hydroxyl groups is 1. The van der Waals surface area contributed by atoms with Gasteiger partial charge in [-0.1, -0.05) is 32.1 Å². The molecule has 0 saturated heterocycles. The van der Waals surface area contributed by atoms with E-state index in [2.05, 4.69) is 4.74 Å². The van der Waals surface area contributed by atoms with Gasteiger partial charge in [-0.15, -0.1) is 0 Å². The molecule has 0 heterocycles. The van der Waals surface area contributed by atoms with Gasteiger partial charge in [0.1, 0.15) is 0 Å². The summed E-state index contributed by atoms with van der Waals surface area (Å²) in [6.45, 7) is 4.12. The van der Waals surface area contributed by atoms with Crippen LogP contribution in [0.4, 0.5) is 0 Å². The molecule has 3 heteroatoms. The molecule has 0 saturated carbocycles. The summed E-state index contributed by atoms with van der Waals surface area (Å²) in [7, 11) is 1.36. The molecule has 1 rings (SSSR count). The summed E-state index contributed by atoms with van der Waals surface area (Å²) in [5.74, 6) is -0.0351. The molecule has 0 radical (unpaired) electrons. The van der Waals surface area contributed by atoms with Gasteiger partial charge < -0.3 is 9.84 Å². The van der Waals surface area contributed by atoms with Crippen LogP contribution in [-0.4, -0.2) is 24.8 Å². The maximum atomic E-state index is 11.2. The number of rotatable bonds is 4. The van der Waals surface area contributed by atoms with E-state index in [0.29, 0.717) is 11.5 Å². The molecule has 0 amide bonds. The molecule has 0 aliphatic rings. The Bertz CT molecular complexity index is 402. The van der Waals surface area contributed by atoms with Gasteiger partial charge in [0.25, 0.3) is 0 Å². The normalized spacial score (nSPS) is 11.7. The largest absolute Gasteiger partial charge is 0.465 e. The molecular formula is C14H18O3. The number of carbonyl (C=O) groups is 1. The fourth-order valence-electron chi connectivity index (χ4n) is 1.44. The van der Waals surface area contributed by atoms with Crippen molar-refractivity contribution in [3.05, 3.63) is 41.0 Å². The number of hydrogen-bond donors (Lipinski definition) is 1. The average Bonchev–Trinajstić information content (AvgIpc) is 2.35. The third kappa shape index (κ3) is 3.71. The molecule has 0 aliphatic heterocycles. The van der Waals surface area contributed by atoms with Gasteiger partial charge in [0.2, 0.25) is 0 Å². The summed E-state index contributed by atoms with van der Waals surface area (Å²) >= 11 is 0. The van der Waals surface area contributed by atoms with Crippen LogP contribution < -0.4 is 0 Å². The number of ether oxygens (including phenoxy) is 1. The van der Waals surface area contributed by atoms with Crippen molar-refractivity contribution < 1.29 is 14.6 Å². The second-order valence-electron chi connectivity index (χ2n) is 4.15. The van der Waals surface area contributed by atoms with Gasteiger partial charge >= 0.3 is 5.97 Å². The van der Waals surface area contributed by atoms with Crippen LogP contribution >= 0.6 is 0 Å². The van der Waals surface area contributed by atoms with Crippen molar-refractivity contribution in [3.63, 3.8) is 0 Å². The monoisotopic (exact) mass is 234 g/mol. The molecule has 17 heavy (non-hydrogen) atoms. The minimum Gasteiger partial charge on any atom is -0.465 e. The Morgan fingerprint density at radius 3 is 2.35 bits per heavy atom. The maximum absolute atomic E-state index is 11.2. The van der Waals surface area contributed by atoms with E-state index in [4.69, 9.17) is 0 Å². The summed E-state index contributed by atoms with van der Waals surface area (Å²) < 4.78 is 4.62. The van der Waals surface area contributed by atoms with Crippen LogP contribution in [0.5, 0.6) is 0 Å². The first-order valence-corrected chi connectivity index (χ1v) is 5.58. The summed E-state index contributed by atoms with van der Waals surface area (Å²) in [5, 5.41) is 9.20. The quantitative estimate of drug-likeness (QED) is 0.814. The minimum absolute atomic E-state index is 0.0520. The number of aliphatic hydroxyl groups excluding tert-OH is 1. The number of hydrogen-bond acceptors (Lipinski definition) is 3. The van der Waals surface area contributed by atoms with Crippen molar-refractivity contribution >= 4 is 12.0 Å². The van der Waals surface area contributed by atoms with Crippen molar-refractivity contribution in [1.29, 1.82) is 0 Å². The van der Waals surface area contributed by atoms with Crippen molar-refractivity contribution in [2.45, 2.75) is 13.8 Å². The Balaban J connectivity index is 2.91. The first-order chi connectivity index (χ1) is 8.08. The predicted octanol–water partition coefficient (Wildman–Crippen LogP) is 2.50. The molecule has 0 aromatic heterocycles. The number of carbonyl (C=O) groups excluding carboxylic acids is 1. The molecule has 3 nitrogen and oxygen atoms in total. The third-order valence-corrected chi connectivity index (χ3v) is 2.61. The Morgan fingerprint density at radius 1 is 1.35 bits per heavy atom. The van der Waals surface area contributed by atoms with Crippen LogP contribution in [0.2, 0.25) is 0 Å². The molecule has 0 aliphatic carbocycles. The smallest absolute Gasteiger partial charge is 0.337 e. The van der Waals surface area contributed by atoms with E-state index in [9.17, 15) is 9.90 Å². The maximum Gasteiger partial charge on any atom is 0.337 e. The summed E-state index contributed by atoms with van der Waals surface area (Å²) in [5.41, 5.74) is 2.46. The zero-order valence-electron chi connectivity index (χ0n) is 10.4. The van der Waals surface area contributed by atoms with Crippen molar-refractivity contribution in [2.24, 2.45) is 5.92 Å². The molecule has 0 spiro atoms. The standard InChI is InChI=1S/C14H18O3/c1-10(2)13(9-15)8-11-4-6-12(7-5-11)14(16)17-3/h4-8,10,15H,9H2,1-3H3. The second kappa shape index (κ2) is 6.21. The van der Waals surface area contributed by atoms with Gasteiger partial charge in [0.15, 0.2) is 0 Å². The van der Waals surface area contributed by atoms with Gasteiger partial charge in [-0.2, -0.15) is 0 Å². The minimum atomic E-state index is -0.341. The Hall–Kier alpha value is -1.61. The highest BCUT2D eigenvalue weighted by molar-refractivity contribution is 5.89. The fraction of sp³-hybridized carbons (Fsp3) is 0.357. The Morgan fingerprint density at radius 2 is 1.94 bits per heavy atom. The molecule has 0 fully saturated rings. The predicted molar refractivity (Wildman–Crippen MR) is 67.7 cm³/mol. The molecular weight excluding hydrogens is 216 g/mol. The fourth-order valence-corrected chi connectivity index (χ4v) is 1.44. The zero-order valence-corrected chi connectivity index (χ0v) is 10.4. The third-order valence-electron chi connectivity index (χ3n) is 2.61. The molecule has 1 N–H and O–H groups in total. The highest BCUT2D eigenvalue weighted by Crippen LogP contribution is 2.15. The second-order valence-corrected chi connectivity index (χ2v) is 4.15. The molecule has 0 atom stereocenters. The lowest BCUT2D eigenvalue weighted by Gasteiger charge is -2.08. The van der Waals surface area contributed by atoms with E-state index in [0.717, 1.165) is 11.1 Å². The number of benzene rings is 1. The molecule has 1 aromatic carbocycles. The Kier molecular flexibility index (Phi) is 4.91. The lowest BCUT2D eigenvalue weighted by Crippen LogP contribution is -2.01. The van der Waals surface area contributed by atoms with Crippen molar-refractivity contribution in [3.8, 4) is 0 Å². The first-order valence-electron chi connectivity index (χ1n) is 5.58. The van der Waals surface area contributed by atoms with E-state index in [1.165, 1.54) is 7.11 Å². The van der Waals surface area contributed by atoms with Gasteiger partial charge in [0, 0.05) is 0 Å². The Labute approximate surface area is 102 Å². The molecule has 92 valence electrons. The lowest BCUT2D eigenvalue weighted by molar-refractivity contribution is 0.0600. The van der Waals surface area contributed by atoms with Crippen LogP contribution in [0, 0.1) is 5.92 Å². The van der Waals surface area contributed by atoms with Crippen molar-refractivity contribution in [1.82, 2.24) is 0 Å². The van der Waals surface area contributed by atoms with Gasteiger partial charge in [-0.25, -0.2) is 4.79 Å².